The van der Waals surface area contributed by atoms with Crippen molar-refractivity contribution in [2.75, 3.05) is 0 Å². The lowest BCUT2D eigenvalue weighted by atomic mass is 9.95. The lowest BCUT2D eigenvalue weighted by Crippen LogP contribution is -2.30. The van der Waals surface area contributed by atoms with Gasteiger partial charge in [-0.15, -0.1) is 0 Å². The first-order valence-electron chi connectivity index (χ1n) is 8.88. The number of nitrogens with zero attached hydrogens (tertiary/aromatic N) is 2. The van der Waals surface area contributed by atoms with Crippen molar-refractivity contribution in [2.24, 2.45) is 0 Å². The molecule has 2 saturated carbocycles. The Labute approximate surface area is 141 Å². The first-order chi connectivity index (χ1) is 11.3. The van der Waals surface area contributed by atoms with Gasteiger partial charge in [-0.1, -0.05) is 38.3 Å². The van der Waals surface area contributed by atoms with E-state index in [1.807, 2.05) is 0 Å². The summed E-state index contributed by atoms with van der Waals surface area (Å²) in [5, 5.41) is 1.56. The molecule has 1 aromatic rings. The van der Waals surface area contributed by atoms with Gasteiger partial charge in [-0.05, 0) is 42.3 Å². The monoisotopic (exact) mass is 324 g/mol. The minimum atomic E-state index is -0.146. The highest BCUT2D eigenvalue weighted by molar-refractivity contribution is 7.67. The standard InChI is InChI=1S/C20H25N2P/c1-21-16-8-12-19(13-9-16)23(18-6-4-3-5-7-18)20-14-10-17(22-2)11-15-20/h3-7,16-17,19-20H,8-15H2. The molecule has 2 aliphatic carbocycles. The lowest BCUT2D eigenvalue weighted by molar-refractivity contribution is 0.465. The molecule has 0 saturated heterocycles. The van der Waals surface area contributed by atoms with Crippen LogP contribution in [-0.4, -0.2) is 23.4 Å². The van der Waals surface area contributed by atoms with E-state index in [4.69, 9.17) is 13.1 Å². The van der Waals surface area contributed by atoms with Crippen molar-refractivity contribution in [3.63, 3.8) is 0 Å². The minimum absolute atomic E-state index is 0.146. The summed E-state index contributed by atoms with van der Waals surface area (Å²) in [5.74, 6) is 0. The van der Waals surface area contributed by atoms with Gasteiger partial charge >= 0.3 is 0 Å². The highest BCUT2D eigenvalue weighted by Gasteiger charge is 2.37. The molecular weight excluding hydrogens is 299 g/mol. The Morgan fingerprint density at radius 1 is 0.696 bits per heavy atom. The molecule has 2 nitrogen and oxygen atoms in total. The topological polar surface area (TPSA) is 8.72 Å². The molecule has 0 heterocycles. The zero-order valence-electron chi connectivity index (χ0n) is 13.7. The fraction of sp³-hybridized carbons (Fsp3) is 0.600. The van der Waals surface area contributed by atoms with E-state index in [0.717, 1.165) is 37.0 Å². The molecule has 0 radical (unpaired) electrons. The predicted molar refractivity (Wildman–Crippen MR) is 98.3 cm³/mol. The molecule has 0 bridgehead atoms. The second kappa shape index (κ2) is 7.95. The fourth-order valence-electron chi connectivity index (χ4n) is 4.25. The first-order valence-corrected chi connectivity index (χ1v) is 10.4. The van der Waals surface area contributed by atoms with E-state index in [-0.39, 0.29) is 20.0 Å². The van der Waals surface area contributed by atoms with Gasteiger partial charge in [0.25, 0.3) is 0 Å². The number of hydrogen-bond donors (Lipinski definition) is 0. The maximum atomic E-state index is 7.28. The normalized spacial score (nSPS) is 32.4. The van der Waals surface area contributed by atoms with Crippen LogP contribution in [0.15, 0.2) is 30.3 Å². The predicted octanol–water partition coefficient (Wildman–Crippen LogP) is 5.25. The van der Waals surface area contributed by atoms with Crippen molar-refractivity contribution in [1.29, 1.82) is 0 Å². The van der Waals surface area contributed by atoms with Crippen LogP contribution in [-0.2, 0) is 0 Å². The first kappa shape index (κ1) is 16.5. The van der Waals surface area contributed by atoms with Crippen LogP contribution >= 0.6 is 7.92 Å². The third kappa shape index (κ3) is 3.94. The van der Waals surface area contributed by atoms with Crippen molar-refractivity contribution in [3.05, 3.63) is 53.2 Å². The van der Waals surface area contributed by atoms with Crippen LogP contribution in [0, 0.1) is 13.1 Å². The molecular formula is C20H25N2P. The Bertz CT molecular complexity index is 536. The van der Waals surface area contributed by atoms with Gasteiger partial charge in [-0.2, -0.15) is 0 Å². The molecule has 0 amide bonds. The van der Waals surface area contributed by atoms with Gasteiger partial charge in [0.1, 0.15) is 0 Å². The molecule has 3 heteroatoms. The van der Waals surface area contributed by atoms with Gasteiger partial charge < -0.3 is 9.69 Å². The van der Waals surface area contributed by atoms with Crippen molar-refractivity contribution in [1.82, 2.24) is 0 Å². The smallest absolute Gasteiger partial charge is 0.223 e. The van der Waals surface area contributed by atoms with Gasteiger partial charge in [-0.25, -0.2) is 13.1 Å². The van der Waals surface area contributed by atoms with Crippen molar-refractivity contribution in [3.8, 4) is 0 Å². The summed E-state index contributed by atoms with van der Waals surface area (Å²) < 4.78 is 0. The fourth-order valence-corrected chi connectivity index (χ4v) is 7.92. The molecule has 2 fully saturated rings. The van der Waals surface area contributed by atoms with Crippen LogP contribution in [0.25, 0.3) is 9.69 Å². The molecule has 0 aliphatic heterocycles. The molecule has 23 heavy (non-hydrogen) atoms. The van der Waals surface area contributed by atoms with E-state index in [0.29, 0.717) is 0 Å². The molecule has 2 aliphatic rings. The zero-order chi connectivity index (χ0) is 16.1. The summed E-state index contributed by atoms with van der Waals surface area (Å²) in [7, 11) is -0.146. The molecule has 0 N–H and O–H groups in total. The van der Waals surface area contributed by atoms with Crippen LogP contribution in [0.4, 0.5) is 0 Å². The number of rotatable bonds is 3. The third-order valence-electron chi connectivity index (χ3n) is 5.54. The Hall–Kier alpha value is -1.37. The van der Waals surface area contributed by atoms with Crippen LogP contribution in [0.3, 0.4) is 0 Å². The molecule has 120 valence electrons. The van der Waals surface area contributed by atoms with Crippen molar-refractivity contribution >= 4 is 13.2 Å². The Balaban J connectivity index is 1.76. The average molecular weight is 324 g/mol. The van der Waals surface area contributed by atoms with E-state index < -0.39 is 0 Å². The molecule has 0 unspecified atom stereocenters. The summed E-state index contributed by atoms with van der Waals surface area (Å²) in [6, 6.07) is 11.7. The summed E-state index contributed by atoms with van der Waals surface area (Å²) in [6.45, 7) is 14.6. The van der Waals surface area contributed by atoms with Crippen LogP contribution in [0.2, 0.25) is 0 Å². The summed E-state index contributed by atoms with van der Waals surface area (Å²) >= 11 is 0. The van der Waals surface area contributed by atoms with Gasteiger partial charge in [-0.3, -0.25) is 0 Å². The molecule has 0 atom stereocenters. The lowest BCUT2D eigenvalue weighted by Gasteiger charge is -2.38. The van der Waals surface area contributed by atoms with E-state index >= 15 is 0 Å². The van der Waals surface area contributed by atoms with Crippen LogP contribution in [0.5, 0.6) is 0 Å². The van der Waals surface area contributed by atoms with Gasteiger partial charge in [0.05, 0.1) is 0 Å². The van der Waals surface area contributed by atoms with Gasteiger partial charge in [0.15, 0.2) is 0 Å². The summed E-state index contributed by atoms with van der Waals surface area (Å²) in [4.78, 5) is 7.54. The van der Waals surface area contributed by atoms with Gasteiger partial charge in [0, 0.05) is 25.7 Å². The maximum absolute atomic E-state index is 7.28. The Morgan fingerprint density at radius 2 is 1.13 bits per heavy atom. The van der Waals surface area contributed by atoms with E-state index in [2.05, 4.69) is 40.0 Å². The minimum Gasteiger partial charge on any atom is -0.314 e. The molecule has 0 spiro atoms. The molecule has 0 aromatic heterocycles. The van der Waals surface area contributed by atoms with Gasteiger partial charge in [0.2, 0.25) is 12.1 Å². The van der Waals surface area contributed by atoms with Crippen molar-refractivity contribution < 1.29 is 0 Å². The second-order valence-corrected chi connectivity index (χ2v) is 9.72. The second-order valence-electron chi connectivity index (χ2n) is 6.93. The zero-order valence-corrected chi connectivity index (χ0v) is 14.6. The number of hydrogen-bond acceptors (Lipinski definition) is 0. The summed E-state index contributed by atoms with van der Waals surface area (Å²) in [5.41, 5.74) is 1.58. The molecule has 3 rings (SSSR count). The van der Waals surface area contributed by atoms with Crippen LogP contribution < -0.4 is 5.30 Å². The van der Waals surface area contributed by atoms with Crippen LogP contribution in [0.1, 0.15) is 51.4 Å². The highest BCUT2D eigenvalue weighted by atomic mass is 31.1. The number of benzene rings is 1. The molecule has 1 aromatic carbocycles. The summed E-state index contributed by atoms with van der Waals surface area (Å²) in [6.07, 6.45) is 9.31. The van der Waals surface area contributed by atoms with E-state index in [9.17, 15) is 0 Å². The average Bonchev–Trinajstić information content (AvgIpc) is 2.64. The van der Waals surface area contributed by atoms with E-state index in [1.54, 1.807) is 5.30 Å². The van der Waals surface area contributed by atoms with E-state index in [1.165, 1.54) is 25.7 Å². The SMILES string of the molecule is [C-]#[N+]C1CCC(P(c2ccccc2)C2CCC([N+]#[C-])CC2)CC1. The Morgan fingerprint density at radius 3 is 1.52 bits per heavy atom. The largest absolute Gasteiger partial charge is 0.314 e. The maximum Gasteiger partial charge on any atom is 0.223 e. The third-order valence-corrected chi connectivity index (χ3v) is 9.04. The quantitative estimate of drug-likeness (QED) is 0.530. The Kier molecular flexibility index (Phi) is 5.70. The highest BCUT2D eigenvalue weighted by Crippen LogP contribution is 2.55. The van der Waals surface area contributed by atoms with Crippen molar-refractivity contribution in [2.45, 2.75) is 74.8 Å².